The van der Waals surface area contributed by atoms with Gasteiger partial charge < -0.3 is 5.32 Å². The van der Waals surface area contributed by atoms with E-state index in [1.807, 2.05) is 80.8 Å². The average Bonchev–Trinajstić information content (AvgIpc) is 3.38. The predicted octanol–water partition coefficient (Wildman–Crippen LogP) is 5.64. The number of carbonyl (C=O) groups excluding carboxylic acids is 1. The lowest BCUT2D eigenvalue weighted by molar-refractivity contribution is 0.0992. The molecule has 7 heteroatoms. The summed E-state index contributed by atoms with van der Waals surface area (Å²) in [6.07, 6.45) is 5.95. The van der Waals surface area contributed by atoms with Crippen LogP contribution < -0.4 is 5.32 Å². The quantitative estimate of drug-likeness (QED) is 0.347. The topological polar surface area (TPSA) is 72.2 Å². The molecule has 0 amide bonds. The number of rotatable bonds is 6. The van der Waals surface area contributed by atoms with Crippen molar-refractivity contribution in [1.82, 2.24) is 19.4 Å². The Labute approximate surface area is 189 Å². The molecule has 0 saturated heterocycles. The van der Waals surface area contributed by atoms with E-state index in [2.05, 4.69) is 19.7 Å². The molecule has 0 aliphatic rings. The summed E-state index contributed by atoms with van der Waals surface area (Å²) in [7, 11) is 0. The van der Waals surface area contributed by atoms with E-state index in [0.29, 0.717) is 12.0 Å². The van der Waals surface area contributed by atoms with Gasteiger partial charge in [0, 0.05) is 35.8 Å². The minimum Gasteiger partial charge on any atom is -0.332 e. The first kappa shape index (κ1) is 20.1. The zero-order valence-electron chi connectivity index (χ0n) is 17.7. The second kappa shape index (κ2) is 8.36. The molecule has 32 heavy (non-hydrogen) atoms. The molecule has 0 aliphatic heterocycles. The highest BCUT2D eigenvalue weighted by molar-refractivity contribution is 7.19. The Morgan fingerprint density at radius 3 is 2.81 bits per heavy atom. The molecule has 0 aliphatic carbocycles. The van der Waals surface area contributed by atoms with Crippen LogP contribution in [0.3, 0.4) is 0 Å². The number of hydrogen-bond donors (Lipinski definition) is 1. The van der Waals surface area contributed by atoms with Crippen LogP contribution in [0.15, 0.2) is 73.2 Å². The Bertz CT molecular complexity index is 1440. The third-order valence-electron chi connectivity index (χ3n) is 5.35. The van der Waals surface area contributed by atoms with E-state index < -0.39 is 0 Å². The number of thiazole rings is 1. The number of benzene rings is 1. The number of nitrogens with zero attached hydrogens (tertiary/aromatic N) is 4. The van der Waals surface area contributed by atoms with Crippen LogP contribution in [0, 0.1) is 13.8 Å². The average molecular weight is 440 g/mol. The summed E-state index contributed by atoms with van der Waals surface area (Å²) < 4.78 is 2.06. The molecule has 0 fully saturated rings. The summed E-state index contributed by atoms with van der Waals surface area (Å²) in [5.41, 5.74) is 6.17. The van der Waals surface area contributed by atoms with Gasteiger partial charge >= 0.3 is 0 Å². The molecule has 0 bridgehead atoms. The summed E-state index contributed by atoms with van der Waals surface area (Å²) in [6, 6.07) is 17.3. The van der Waals surface area contributed by atoms with Crippen molar-refractivity contribution >= 4 is 33.6 Å². The van der Waals surface area contributed by atoms with Gasteiger partial charge in [0.05, 0.1) is 22.5 Å². The fraction of sp³-hybridized carbons (Fsp3) is 0.120. The van der Waals surface area contributed by atoms with Gasteiger partial charge in [0.1, 0.15) is 5.65 Å². The molecule has 4 aromatic heterocycles. The Morgan fingerprint density at radius 1 is 1.03 bits per heavy atom. The highest BCUT2D eigenvalue weighted by Gasteiger charge is 2.15. The van der Waals surface area contributed by atoms with Gasteiger partial charge in [-0.2, -0.15) is 0 Å². The minimum absolute atomic E-state index is 0.0616. The normalized spacial score (nSPS) is 11.1. The van der Waals surface area contributed by atoms with E-state index in [9.17, 15) is 4.79 Å². The molecule has 158 valence electrons. The Kier molecular flexibility index (Phi) is 5.25. The molecular formula is C25H21N5OS. The molecular weight excluding hydrogens is 418 g/mol. The SMILES string of the molecule is Cc1ncccc1CC(=O)c1cccc(Nc2nc(C)c(-c3cnc4ccccn34)s2)c1. The molecule has 0 radical (unpaired) electrons. The molecule has 5 aromatic rings. The molecule has 0 spiro atoms. The lowest BCUT2D eigenvalue weighted by atomic mass is 10.0. The van der Waals surface area contributed by atoms with Gasteiger partial charge in [-0.05, 0) is 49.7 Å². The number of ketones is 1. The number of anilines is 2. The fourth-order valence-electron chi connectivity index (χ4n) is 3.66. The van der Waals surface area contributed by atoms with E-state index in [0.717, 1.165) is 44.0 Å². The predicted molar refractivity (Wildman–Crippen MR) is 128 cm³/mol. The van der Waals surface area contributed by atoms with Crippen molar-refractivity contribution < 1.29 is 4.79 Å². The standard InChI is InChI=1S/C25H21N5OS/c1-16-18(8-6-11-26-16)14-22(31)19-7-5-9-20(13-19)29-25-28-17(2)24(32-25)21-15-27-23-10-3-4-12-30(21)23/h3-13,15H,14H2,1-2H3,(H,28,29). The summed E-state index contributed by atoms with van der Waals surface area (Å²) in [4.78, 5) is 27.3. The number of aromatic nitrogens is 4. The van der Waals surface area contributed by atoms with Crippen molar-refractivity contribution in [2.75, 3.05) is 5.32 Å². The van der Waals surface area contributed by atoms with Crippen molar-refractivity contribution in [3.8, 4) is 10.6 Å². The van der Waals surface area contributed by atoms with Crippen LogP contribution in [-0.4, -0.2) is 25.1 Å². The molecule has 0 saturated carbocycles. The second-order valence-corrected chi connectivity index (χ2v) is 8.56. The minimum atomic E-state index is 0.0616. The van der Waals surface area contributed by atoms with E-state index in [-0.39, 0.29) is 5.78 Å². The van der Waals surface area contributed by atoms with Gasteiger partial charge in [-0.1, -0.05) is 35.6 Å². The highest BCUT2D eigenvalue weighted by atomic mass is 32.1. The molecule has 1 aromatic carbocycles. The van der Waals surface area contributed by atoms with Crippen LogP contribution in [0.5, 0.6) is 0 Å². The first-order valence-electron chi connectivity index (χ1n) is 10.3. The maximum absolute atomic E-state index is 12.8. The maximum atomic E-state index is 12.8. The van der Waals surface area contributed by atoms with Crippen molar-refractivity contribution in [1.29, 1.82) is 0 Å². The van der Waals surface area contributed by atoms with Gasteiger partial charge in [0.25, 0.3) is 0 Å². The number of carbonyl (C=O) groups is 1. The molecule has 0 unspecified atom stereocenters. The third-order valence-corrected chi connectivity index (χ3v) is 6.44. The molecule has 6 nitrogen and oxygen atoms in total. The number of pyridine rings is 2. The van der Waals surface area contributed by atoms with E-state index >= 15 is 0 Å². The zero-order valence-corrected chi connectivity index (χ0v) is 18.6. The largest absolute Gasteiger partial charge is 0.332 e. The van der Waals surface area contributed by atoms with Gasteiger partial charge in [0.15, 0.2) is 10.9 Å². The monoisotopic (exact) mass is 439 g/mol. The van der Waals surface area contributed by atoms with Crippen LogP contribution in [0.25, 0.3) is 16.2 Å². The third kappa shape index (κ3) is 3.90. The number of imidazole rings is 1. The van der Waals surface area contributed by atoms with Crippen LogP contribution in [0.2, 0.25) is 0 Å². The summed E-state index contributed by atoms with van der Waals surface area (Å²) in [5, 5.41) is 4.13. The Hall–Kier alpha value is -3.84. The molecule has 1 N–H and O–H groups in total. The number of hydrogen-bond acceptors (Lipinski definition) is 6. The molecule has 5 rings (SSSR count). The van der Waals surface area contributed by atoms with E-state index in [4.69, 9.17) is 4.98 Å². The fourth-order valence-corrected chi connectivity index (χ4v) is 4.66. The van der Waals surface area contributed by atoms with Crippen molar-refractivity contribution in [2.45, 2.75) is 20.3 Å². The number of Topliss-reactive ketones (excluding diaryl/α,β-unsaturated/α-hetero) is 1. The van der Waals surface area contributed by atoms with Crippen molar-refractivity contribution in [3.05, 3.63) is 95.7 Å². The van der Waals surface area contributed by atoms with Crippen molar-refractivity contribution in [3.63, 3.8) is 0 Å². The lowest BCUT2D eigenvalue weighted by Gasteiger charge is -2.07. The van der Waals surface area contributed by atoms with Gasteiger partial charge in [0.2, 0.25) is 0 Å². The smallest absolute Gasteiger partial charge is 0.188 e. The number of nitrogens with one attached hydrogen (secondary N) is 1. The van der Waals surface area contributed by atoms with Crippen molar-refractivity contribution in [2.24, 2.45) is 0 Å². The first-order valence-corrected chi connectivity index (χ1v) is 11.1. The van der Waals surface area contributed by atoms with Crippen LogP contribution >= 0.6 is 11.3 Å². The number of fused-ring (bicyclic) bond motifs is 1. The summed E-state index contributed by atoms with van der Waals surface area (Å²) in [5.74, 6) is 0.0616. The first-order chi connectivity index (χ1) is 15.6. The Balaban J connectivity index is 1.38. The zero-order chi connectivity index (χ0) is 22.1. The van der Waals surface area contributed by atoms with Crippen LogP contribution in [0.1, 0.15) is 27.3 Å². The highest BCUT2D eigenvalue weighted by Crippen LogP contribution is 2.34. The summed E-state index contributed by atoms with van der Waals surface area (Å²) in [6.45, 7) is 3.92. The van der Waals surface area contributed by atoms with Crippen LogP contribution in [0.4, 0.5) is 10.8 Å². The maximum Gasteiger partial charge on any atom is 0.188 e. The molecule has 4 heterocycles. The summed E-state index contributed by atoms with van der Waals surface area (Å²) >= 11 is 1.57. The molecule has 0 atom stereocenters. The Morgan fingerprint density at radius 2 is 1.94 bits per heavy atom. The van der Waals surface area contributed by atoms with Crippen LogP contribution in [-0.2, 0) is 6.42 Å². The van der Waals surface area contributed by atoms with Gasteiger partial charge in [-0.15, -0.1) is 0 Å². The van der Waals surface area contributed by atoms with Gasteiger partial charge in [-0.3, -0.25) is 14.2 Å². The van der Waals surface area contributed by atoms with E-state index in [1.54, 1.807) is 17.5 Å². The second-order valence-electron chi connectivity index (χ2n) is 7.56. The number of aryl methyl sites for hydroxylation is 2. The lowest BCUT2D eigenvalue weighted by Crippen LogP contribution is -2.06. The van der Waals surface area contributed by atoms with E-state index in [1.165, 1.54) is 0 Å². The van der Waals surface area contributed by atoms with Gasteiger partial charge in [-0.25, -0.2) is 9.97 Å².